The average molecular weight is 488 g/mol. The van der Waals surface area contributed by atoms with Crippen molar-refractivity contribution in [3.8, 4) is 17.1 Å². The molecule has 0 saturated heterocycles. The van der Waals surface area contributed by atoms with Gasteiger partial charge in [-0.3, -0.25) is 4.98 Å². The highest BCUT2D eigenvalue weighted by Gasteiger charge is 2.34. The molecular formula is C24H21F5N6. The summed E-state index contributed by atoms with van der Waals surface area (Å²) in [5, 5.41) is 3.58. The SMILES string of the molecule is CN(C)c1cc(-c2ccc(F)nc2F)nc(C(C)(C)c2cccc(-n3ccc(C(F)(F)F)n3)n2)c1. The van der Waals surface area contributed by atoms with Crippen LogP contribution in [0.3, 0.4) is 0 Å². The first-order chi connectivity index (χ1) is 16.4. The first kappa shape index (κ1) is 24.2. The van der Waals surface area contributed by atoms with Gasteiger partial charge in [0.2, 0.25) is 11.9 Å². The molecule has 11 heteroatoms. The molecule has 4 heterocycles. The van der Waals surface area contributed by atoms with E-state index in [1.165, 1.54) is 12.3 Å². The third-order valence-electron chi connectivity index (χ3n) is 5.55. The lowest BCUT2D eigenvalue weighted by atomic mass is 9.84. The van der Waals surface area contributed by atoms with E-state index in [-0.39, 0.29) is 17.1 Å². The van der Waals surface area contributed by atoms with Crippen molar-refractivity contribution in [3.05, 3.63) is 83.7 Å². The van der Waals surface area contributed by atoms with E-state index in [0.717, 1.165) is 16.8 Å². The van der Waals surface area contributed by atoms with Crippen molar-refractivity contribution in [2.45, 2.75) is 25.4 Å². The van der Waals surface area contributed by atoms with Gasteiger partial charge in [-0.25, -0.2) is 9.67 Å². The molecular weight excluding hydrogens is 467 g/mol. The second kappa shape index (κ2) is 8.71. The van der Waals surface area contributed by atoms with E-state index in [9.17, 15) is 22.0 Å². The fraction of sp³-hybridized carbons (Fsp3) is 0.250. The van der Waals surface area contributed by atoms with Crippen molar-refractivity contribution in [1.29, 1.82) is 0 Å². The minimum atomic E-state index is -4.57. The van der Waals surface area contributed by atoms with Gasteiger partial charge < -0.3 is 4.90 Å². The van der Waals surface area contributed by atoms with Crippen LogP contribution in [0.2, 0.25) is 0 Å². The maximum absolute atomic E-state index is 14.4. The maximum atomic E-state index is 14.4. The molecule has 4 rings (SSSR count). The molecule has 182 valence electrons. The van der Waals surface area contributed by atoms with Gasteiger partial charge in [0.25, 0.3) is 0 Å². The Bertz CT molecular complexity index is 1380. The van der Waals surface area contributed by atoms with Crippen LogP contribution < -0.4 is 4.90 Å². The number of halogens is 5. The predicted molar refractivity (Wildman–Crippen MR) is 120 cm³/mol. The molecule has 0 N–H and O–H groups in total. The molecule has 0 radical (unpaired) electrons. The number of alkyl halides is 3. The number of pyridine rings is 3. The van der Waals surface area contributed by atoms with Crippen molar-refractivity contribution >= 4 is 5.69 Å². The summed E-state index contributed by atoms with van der Waals surface area (Å²) in [5.41, 5.74) is 0.145. The number of nitrogens with zero attached hydrogens (tertiary/aromatic N) is 6. The van der Waals surface area contributed by atoms with Crippen molar-refractivity contribution in [1.82, 2.24) is 24.7 Å². The van der Waals surface area contributed by atoms with Crippen LogP contribution in [0.15, 0.2) is 54.7 Å². The Morgan fingerprint density at radius 1 is 0.829 bits per heavy atom. The largest absolute Gasteiger partial charge is 0.435 e. The third-order valence-corrected chi connectivity index (χ3v) is 5.55. The Hall–Kier alpha value is -3.89. The lowest BCUT2D eigenvalue weighted by Crippen LogP contribution is -2.24. The van der Waals surface area contributed by atoms with Gasteiger partial charge in [0.15, 0.2) is 11.5 Å². The van der Waals surface area contributed by atoms with E-state index < -0.39 is 29.2 Å². The Balaban J connectivity index is 1.80. The summed E-state index contributed by atoms with van der Waals surface area (Å²) in [6, 6.07) is 11.6. The smallest absolute Gasteiger partial charge is 0.378 e. The molecule has 6 nitrogen and oxygen atoms in total. The van der Waals surface area contributed by atoms with Gasteiger partial charge in [-0.15, -0.1) is 0 Å². The molecule has 0 atom stereocenters. The number of rotatable bonds is 5. The van der Waals surface area contributed by atoms with Crippen LogP contribution >= 0.6 is 0 Å². The van der Waals surface area contributed by atoms with Gasteiger partial charge in [0, 0.05) is 31.4 Å². The summed E-state index contributed by atoms with van der Waals surface area (Å²) in [6.07, 6.45) is -3.38. The lowest BCUT2D eigenvalue weighted by molar-refractivity contribution is -0.141. The van der Waals surface area contributed by atoms with Crippen LogP contribution in [0.4, 0.5) is 27.6 Å². The molecule has 0 aliphatic carbocycles. The van der Waals surface area contributed by atoms with E-state index in [4.69, 9.17) is 0 Å². The topological polar surface area (TPSA) is 59.7 Å². The van der Waals surface area contributed by atoms with Crippen molar-refractivity contribution in [2.24, 2.45) is 0 Å². The van der Waals surface area contributed by atoms with Crippen LogP contribution in [-0.2, 0) is 11.6 Å². The van der Waals surface area contributed by atoms with Crippen molar-refractivity contribution in [2.75, 3.05) is 19.0 Å². The minimum Gasteiger partial charge on any atom is -0.378 e. The van der Waals surface area contributed by atoms with Gasteiger partial charge in [-0.1, -0.05) is 6.07 Å². The van der Waals surface area contributed by atoms with Gasteiger partial charge in [-0.05, 0) is 56.3 Å². The highest BCUT2D eigenvalue weighted by atomic mass is 19.4. The summed E-state index contributed by atoms with van der Waals surface area (Å²) >= 11 is 0. The van der Waals surface area contributed by atoms with E-state index in [0.29, 0.717) is 17.1 Å². The quantitative estimate of drug-likeness (QED) is 0.278. The fourth-order valence-electron chi connectivity index (χ4n) is 3.47. The Kier molecular flexibility index (Phi) is 6.04. The van der Waals surface area contributed by atoms with Crippen LogP contribution in [0.5, 0.6) is 0 Å². The molecule has 0 spiro atoms. The zero-order chi connectivity index (χ0) is 25.5. The van der Waals surface area contributed by atoms with Crippen LogP contribution in [0.1, 0.15) is 30.9 Å². The van der Waals surface area contributed by atoms with Crippen LogP contribution in [0, 0.1) is 11.9 Å². The summed E-state index contributed by atoms with van der Waals surface area (Å²) in [7, 11) is 3.62. The third kappa shape index (κ3) is 4.84. The predicted octanol–water partition coefficient (Wildman–Crippen LogP) is 5.41. The molecule has 35 heavy (non-hydrogen) atoms. The standard InChI is InChI=1S/C24H21F5N6/c1-23(2,17-6-5-7-21(31-17)35-11-10-18(33-35)24(27,28)29)19-13-14(34(3)4)12-16(30-19)15-8-9-20(25)32-22(15)26/h5-13H,1-4H3. The molecule has 0 fully saturated rings. The summed E-state index contributed by atoms with van der Waals surface area (Å²) in [5.74, 6) is -1.73. The molecule has 0 saturated carbocycles. The van der Waals surface area contributed by atoms with E-state index >= 15 is 0 Å². The second-order valence-corrected chi connectivity index (χ2v) is 8.61. The molecule has 0 aliphatic heterocycles. The van der Waals surface area contributed by atoms with Crippen LogP contribution in [0.25, 0.3) is 17.1 Å². The summed E-state index contributed by atoms with van der Waals surface area (Å²) in [4.78, 5) is 14.2. The number of hydrogen-bond acceptors (Lipinski definition) is 5. The van der Waals surface area contributed by atoms with E-state index in [1.807, 2.05) is 38.9 Å². The van der Waals surface area contributed by atoms with E-state index in [2.05, 4.69) is 20.1 Å². The highest BCUT2D eigenvalue weighted by Crippen LogP contribution is 2.34. The van der Waals surface area contributed by atoms with Gasteiger partial charge in [0.05, 0.1) is 22.6 Å². The van der Waals surface area contributed by atoms with Gasteiger partial charge in [0.1, 0.15) is 0 Å². The minimum absolute atomic E-state index is 0.0325. The van der Waals surface area contributed by atoms with Gasteiger partial charge in [-0.2, -0.15) is 32.0 Å². The number of anilines is 1. The fourth-order valence-corrected chi connectivity index (χ4v) is 3.47. The first-order valence-corrected chi connectivity index (χ1v) is 10.5. The Morgan fingerprint density at radius 2 is 1.57 bits per heavy atom. The summed E-state index contributed by atoms with van der Waals surface area (Å²) in [6.45, 7) is 3.68. The molecule has 0 amide bonds. The lowest BCUT2D eigenvalue weighted by Gasteiger charge is -2.26. The molecule has 4 aromatic heterocycles. The van der Waals surface area contributed by atoms with Crippen molar-refractivity contribution in [3.63, 3.8) is 0 Å². The number of hydrogen-bond donors (Lipinski definition) is 0. The highest BCUT2D eigenvalue weighted by molar-refractivity contribution is 5.65. The molecule has 0 unspecified atom stereocenters. The molecule has 0 bridgehead atoms. The first-order valence-electron chi connectivity index (χ1n) is 10.5. The summed E-state index contributed by atoms with van der Waals surface area (Å²) < 4.78 is 67.8. The monoisotopic (exact) mass is 488 g/mol. The zero-order valence-electron chi connectivity index (χ0n) is 19.3. The van der Waals surface area contributed by atoms with Gasteiger partial charge >= 0.3 is 6.18 Å². The normalized spacial score (nSPS) is 12.1. The number of aromatic nitrogens is 5. The Labute approximate surface area is 198 Å². The van der Waals surface area contributed by atoms with Crippen LogP contribution in [-0.4, -0.2) is 38.8 Å². The van der Waals surface area contributed by atoms with E-state index in [1.54, 1.807) is 24.3 Å². The molecule has 0 aromatic carbocycles. The molecule has 4 aromatic rings. The maximum Gasteiger partial charge on any atom is 0.435 e. The second-order valence-electron chi connectivity index (χ2n) is 8.61. The average Bonchev–Trinajstić information content (AvgIpc) is 3.30. The molecule has 0 aliphatic rings. The van der Waals surface area contributed by atoms with Crippen molar-refractivity contribution < 1.29 is 22.0 Å². The Morgan fingerprint density at radius 3 is 2.20 bits per heavy atom. The zero-order valence-corrected chi connectivity index (χ0v) is 19.3.